The summed E-state index contributed by atoms with van der Waals surface area (Å²) in [6.45, 7) is 5.10. The van der Waals surface area contributed by atoms with E-state index < -0.39 is 0 Å². The van der Waals surface area contributed by atoms with Crippen LogP contribution in [0.5, 0.6) is 0 Å². The molecule has 0 bridgehead atoms. The molecule has 4 heteroatoms. The lowest BCUT2D eigenvalue weighted by molar-refractivity contribution is 0.175. The van der Waals surface area contributed by atoms with Crippen LogP contribution in [0.3, 0.4) is 0 Å². The Bertz CT molecular complexity index is 471. The van der Waals surface area contributed by atoms with Gasteiger partial charge in [0.15, 0.2) is 0 Å². The van der Waals surface area contributed by atoms with E-state index in [2.05, 4.69) is 15.1 Å². The van der Waals surface area contributed by atoms with Gasteiger partial charge in [0.1, 0.15) is 5.82 Å². The topological polar surface area (TPSA) is 18.5 Å². The van der Waals surface area contributed by atoms with Gasteiger partial charge in [-0.1, -0.05) is 18.6 Å². The first-order chi connectivity index (χ1) is 10.3. The monoisotopic (exact) mass is 291 g/mol. The van der Waals surface area contributed by atoms with Gasteiger partial charge in [-0.05, 0) is 51.0 Å². The number of nitrogens with one attached hydrogen (secondary N) is 1. The first-order valence-electron chi connectivity index (χ1n) is 8.20. The van der Waals surface area contributed by atoms with Crippen molar-refractivity contribution in [2.24, 2.45) is 0 Å². The van der Waals surface area contributed by atoms with Crippen LogP contribution in [0, 0.1) is 5.82 Å². The highest BCUT2D eigenvalue weighted by molar-refractivity contribution is 5.56. The van der Waals surface area contributed by atoms with Crippen molar-refractivity contribution in [1.29, 1.82) is 0 Å². The highest BCUT2D eigenvalue weighted by atomic mass is 19.1. The van der Waals surface area contributed by atoms with Gasteiger partial charge in [-0.25, -0.2) is 4.39 Å². The minimum Gasteiger partial charge on any atom is -0.367 e. The summed E-state index contributed by atoms with van der Waals surface area (Å²) < 4.78 is 14.3. The molecule has 0 spiro atoms. The van der Waals surface area contributed by atoms with E-state index in [1.54, 1.807) is 6.07 Å². The van der Waals surface area contributed by atoms with Gasteiger partial charge in [0.25, 0.3) is 0 Å². The Morgan fingerprint density at radius 2 is 2.00 bits per heavy atom. The Morgan fingerprint density at radius 1 is 1.19 bits per heavy atom. The second-order valence-electron chi connectivity index (χ2n) is 6.26. The second kappa shape index (κ2) is 6.75. The number of piperidine rings is 1. The zero-order valence-electron chi connectivity index (χ0n) is 12.9. The molecule has 3 rings (SSSR count). The van der Waals surface area contributed by atoms with Crippen molar-refractivity contribution in [2.45, 2.75) is 38.3 Å². The van der Waals surface area contributed by atoms with Gasteiger partial charge in [0.2, 0.25) is 0 Å². The van der Waals surface area contributed by atoms with Crippen LogP contribution in [0.2, 0.25) is 0 Å². The molecule has 1 atom stereocenters. The third-order valence-corrected chi connectivity index (χ3v) is 4.82. The lowest BCUT2D eigenvalue weighted by atomic mass is 10.1. The van der Waals surface area contributed by atoms with Crippen LogP contribution in [0.25, 0.3) is 0 Å². The summed E-state index contributed by atoms with van der Waals surface area (Å²) in [7, 11) is 1.91. The van der Waals surface area contributed by atoms with Gasteiger partial charge in [-0.15, -0.1) is 0 Å². The number of likely N-dealkylation sites (tertiary alicyclic amines) is 1. The summed E-state index contributed by atoms with van der Waals surface area (Å²) in [6, 6.07) is 6.03. The Hall–Kier alpha value is -1.13. The third-order valence-electron chi connectivity index (χ3n) is 4.82. The molecule has 116 valence electrons. The molecule has 2 aliphatic heterocycles. The average Bonchev–Trinajstić information content (AvgIpc) is 2.98. The summed E-state index contributed by atoms with van der Waals surface area (Å²) in [5, 5.41) is 3.15. The Balaban J connectivity index is 1.73. The number of hydrogen-bond donors (Lipinski definition) is 1. The number of nitrogens with zero attached hydrogens (tertiary/aromatic N) is 2. The largest absolute Gasteiger partial charge is 0.367 e. The molecule has 2 aliphatic rings. The molecule has 1 aromatic carbocycles. The standard InChI is InChI=1S/C17H26FN3/c1-19-12-14-6-5-7-16(18)17(14)21-11-8-15(13-21)20-9-3-2-4-10-20/h5-7,15,19H,2-4,8-13H2,1H3. The molecule has 3 nitrogen and oxygen atoms in total. The van der Waals surface area contributed by atoms with Crippen LogP contribution >= 0.6 is 0 Å². The van der Waals surface area contributed by atoms with Crippen molar-refractivity contribution in [1.82, 2.24) is 10.2 Å². The molecule has 21 heavy (non-hydrogen) atoms. The van der Waals surface area contributed by atoms with Crippen molar-refractivity contribution in [3.63, 3.8) is 0 Å². The van der Waals surface area contributed by atoms with E-state index in [0.29, 0.717) is 6.04 Å². The van der Waals surface area contributed by atoms with Crippen molar-refractivity contribution >= 4 is 5.69 Å². The van der Waals surface area contributed by atoms with Crippen LogP contribution in [0.4, 0.5) is 10.1 Å². The van der Waals surface area contributed by atoms with Crippen molar-refractivity contribution in [3.8, 4) is 0 Å². The predicted molar refractivity (Wildman–Crippen MR) is 85.2 cm³/mol. The molecule has 0 aliphatic carbocycles. The van der Waals surface area contributed by atoms with Crippen molar-refractivity contribution < 1.29 is 4.39 Å². The molecule has 1 N–H and O–H groups in total. The number of hydrogen-bond acceptors (Lipinski definition) is 3. The Kier molecular flexibility index (Phi) is 4.76. The van der Waals surface area contributed by atoms with Crippen LogP contribution < -0.4 is 10.2 Å². The lowest BCUT2D eigenvalue weighted by Crippen LogP contribution is -2.41. The fourth-order valence-corrected chi connectivity index (χ4v) is 3.77. The maximum Gasteiger partial charge on any atom is 0.146 e. The van der Waals surface area contributed by atoms with Gasteiger partial charge in [-0.2, -0.15) is 0 Å². The maximum absolute atomic E-state index is 14.3. The van der Waals surface area contributed by atoms with E-state index in [1.807, 2.05) is 19.2 Å². The normalized spacial score (nSPS) is 23.7. The smallest absolute Gasteiger partial charge is 0.146 e. The molecule has 0 saturated carbocycles. The maximum atomic E-state index is 14.3. The fraction of sp³-hybridized carbons (Fsp3) is 0.647. The van der Waals surface area contributed by atoms with Crippen LogP contribution in [-0.4, -0.2) is 44.2 Å². The van der Waals surface area contributed by atoms with Crippen molar-refractivity contribution in [2.75, 3.05) is 38.1 Å². The van der Waals surface area contributed by atoms with Gasteiger partial charge in [-0.3, -0.25) is 4.90 Å². The second-order valence-corrected chi connectivity index (χ2v) is 6.26. The van der Waals surface area contributed by atoms with Gasteiger partial charge < -0.3 is 10.2 Å². The first kappa shape index (κ1) is 14.8. The molecular formula is C17H26FN3. The summed E-state index contributed by atoms with van der Waals surface area (Å²) in [5.41, 5.74) is 1.88. The van der Waals surface area contributed by atoms with Crippen LogP contribution in [0.15, 0.2) is 18.2 Å². The molecular weight excluding hydrogens is 265 g/mol. The molecule has 2 heterocycles. The fourth-order valence-electron chi connectivity index (χ4n) is 3.77. The number of para-hydroxylation sites is 1. The van der Waals surface area contributed by atoms with Gasteiger partial charge in [0.05, 0.1) is 5.69 Å². The molecule has 1 unspecified atom stereocenters. The summed E-state index contributed by atoms with van der Waals surface area (Å²) in [4.78, 5) is 4.86. The average molecular weight is 291 g/mol. The van der Waals surface area contributed by atoms with Crippen molar-refractivity contribution in [3.05, 3.63) is 29.6 Å². The summed E-state index contributed by atoms with van der Waals surface area (Å²) in [6.07, 6.45) is 5.17. The summed E-state index contributed by atoms with van der Waals surface area (Å²) in [5.74, 6) is -0.0814. The number of halogens is 1. The van der Waals surface area contributed by atoms with E-state index >= 15 is 0 Å². The molecule has 0 radical (unpaired) electrons. The third kappa shape index (κ3) is 3.22. The molecule has 1 aromatic rings. The molecule has 0 aromatic heterocycles. The molecule has 2 fully saturated rings. The number of benzene rings is 1. The van der Waals surface area contributed by atoms with E-state index in [0.717, 1.165) is 37.3 Å². The summed E-state index contributed by atoms with van der Waals surface area (Å²) >= 11 is 0. The number of anilines is 1. The highest BCUT2D eigenvalue weighted by Crippen LogP contribution is 2.30. The quantitative estimate of drug-likeness (QED) is 0.920. The Labute approximate surface area is 127 Å². The van der Waals surface area contributed by atoms with E-state index in [9.17, 15) is 4.39 Å². The molecule has 2 saturated heterocycles. The highest BCUT2D eigenvalue weighted by Gasteiger charge is 2.30. The van der Waals surface area contributed by atoms with Crippen LogP contribution in [-0.2, 0) is 6.54 Å². The van der Waals surface area contributed by atoms with E-state index in [4.69, 9.17) is 0 Å². The number of rotatable bonds is 4. The Morgan fingerprint density at radius 3 is 2.76 bits per heavy atom. The predicted octanol–water partition coefficient (Wildman–Crippen LogP) is 2.61. The lowest BCUT2D eigenvalue weighted by Gasteiger charge is -2.32. The molecule has 0 amide bonds. The van der Waals surface area contributed by atoms with Gasteiger partial charge >= 0.3 is 0 Å². The zero-order chi connectivity index (χ0) is 14.7. The first-order valence-corrected chi connectivity index (χ1v) is 8.20. The van der Waals surface area contributed by atoms with Gasteiger partial charge in [0, 0.05) is 25.7 Å². The SMILES string of the molecule is CNCc1cccc(F)c1N1CCC(N2CCCCC2)C1. The zero-order valence-corrected chi connectivity index (χ0v) is 12.9. The van der Waals surface area contributed by atoms with E-state index in [1.165, 1.54) is 32.4 Å². The van der Waals surface area contributed by atoms with E-state index in [-0.39, 0.29) is 5.82 Å². The minimum absolute atomic E-state index is 0.0814. The minimum atomic E-state index is -0.0814. The van der Waals surface area contributed by atoms with Crippen LogP contribution in [0.1, 0.15) is 31.2 Å².